The van der Waals surface area contributed by atoms with E-state index in [2.05, 4.69) is 5.32 Å². The Morgan fingerprint density at radius 1 is 1.07 bits per heavy atom. The van der Waals surface area contributed by atoms with Gasteiger partial charge in [-0.25, -0.2) is 0 Å². The second-order valence-corrected chi connectivity index (χ2v) is 4.15. The maximum Gasteiger partial charge on any atom is 0.322 e. The molecule has 15 heavy (non-hydrogen) atoms. The van der Waals surface area contributed by atoms with E-state index in [-0.39, 0.29) is 18.4 Å². The van der Waals surface area contributed by atoms with Gasteiger partial charge in [-0.15, -0.1) is 0 Å². The quantitative estimate of drug-likeness (QED) is 0.747. The molecule has 1 aliphatic rings. The van der Waals surface area contributed by atoms with E-state index in [1.165, 1.54) is 19.3 Å². The summed E-state index contributed by atoms with van der Waals surface area (Å²) < 4.78 is 0. The summed E-state index contributed by atoms with van der Waals surface area (Å²) in [5, 5.41) is 10.9. The van der Waals surface area contributed by atoms with Gasteiger partial charge in [0.2, 0.25) is 5.91 Å². The third-order valence-electron chi connectivity index (χ3n) is 2.89. The largest absolute Gasteiger partial charge is 0.480 e. The van der Waals surface area contributed by atoms with Gasteiger partial charge in [0.1, 0.15) is 6.54 Å². The molecule has 1 amide bonds. The third-order valence-corrected chi connectivity index (χ3v) is 2.89. The van der Waals surface area contributed by atoms with Gasteiger partial charge in [-0.3, -0.25) is 9.59 Å². The second-order valence-electron chi connectivity index (χ2n) is 4.15. The van der Waals surface area contributed by atoms with Gasteiger partial charge < -0.3 is 10.4 Å². The van der Waals surface area contributed by atoms with E-state index in [4.69, 9.17) is 5.11 Å². The number of rotatable bonds is 3. The van der Waals surface area contributed by atoms with E-state index < -0.39 is 5.97 Å². The highest BCUT2D eigenvalue weighted by Gasteiger charge is 2.19. The predicted molar refractivity (Wildman–Crippen MR) is 56.5 cm³/mol. The van der Waals surface area contributed by atoms with Crippen molar-refractivity contribution in [3.8, 4) is 0 Å². The lowest BCUT2D eigenvalue weighted by Gasteiger charge is -2.18. The number of carbonyl (C=O) groups excluding carboxylic acids is 1. The number of hydrogen-bond donors (Lipinski definition) is 2. The van der Waals surface area contributed by atoms with Crippen LogP contribution in [0.3, 0.4) is 0 Å². The molecule has 0 spiro atoms. The molecule has 1 saturated carbocycles. The van der Waals surface area contributed by atoms with Crippen LogP contribution in [0.1, 0.15) is 44.9 Å². The van der Waals surface area contributed by atoms with Crippen LogP contribution < -0.4 is 5.32 Å². The van der Waals surface area contributed by atoms with Gasteiger partial charge in [0.05, 0.1) is 0 Å². The van der Waals surface area contributed by atoms with Crippen LogP contribution in [0.5, 0.6) is 0 Å². The molecule has 0 radical (unpaired) electrons. The summed E-state index contributed by atoms with van der Waals surface area (Å²) in [7, 11) is 0. The number of carbonyl (C=O) groups is 2. The molecule has 4 nitrogen and oxygen atoms in total. The van der Waals surface area contributed by atoms with Gasteiger partial charge in [0, 0.05) is 5.92 Å². The van der Waals surface area contributed by atoms with Gasteiger partial charge in [0.15, 0.2) is 0 Å². The van der Waals surface area contributed by atoms with E-state index in [1.54, 1.807) is 0 Å². The molecule has 0 aliphatic heterocycles. The van der Waals surface area contributed by atoms with Crippen molar-refractivity contribution in [1.82, 2.24) is 5.32 Å². The minimum Gasteiger partial charge on any atom is -0.480 e. The number of hydrogen-bond acceptors (Lipinski definition) is 2. The molecule has 2 N–H and O–H groups in total. The van der Waals surface area contributed by atoms with Crippen LogP contribution >= 0.6 is 0 Å². The summed E-state index contributed by atoms with van der Waals surface area (Å²) in [5.74, 6) is -1.03. The molecule has 1 fully saturated rings. The zero-order valence-electron chi connectivity index (χ0n) is 9.00. The smallest absolute Gasteiger partial charge is 0.322 e. The van der Waals surface area contributed by atoms with Gasteiger partial charge in [0.25, 0.3) is 0 Å². The van der Waals surface area contributed by atoms with E-state index >= 15 is 0 Å². The average Bonchev–Trinajstić information content (AvgIpc) is 2.13. The lowest BCUT2D eigenvalue weighted by Crippen LogP contribution is -2.34. The molecule has 0 atom stereocenters. The fraction of sp³-hybridized carbons (Fsp3) is 0.818. The Labute approximate surface area is 90.0 Å². The van der Waals surface area contributed by atoms with Crippen LogP contribution in [0, 0.1) is 5.92 Å². The Morgan fingerprint density at radius 2 is 1.60 bits per heavy atom. The Hall–Kier alpha value is -1.06. The van der Waals surface area contributed by atoms with E-state index in [9.17, 15) is 9.59 Å². The molecule has 1 rings (SSSR count). The Morgan fingerprint density at radius 3 is 2.13 bits per heavy atom. The Balaban J connectivity index is 2.31. The zero-order valence-corrected chi connectivity index (χ0v) is 9.00. The molecular weight excluding hydrogens is 194 g/mol. The van der Waals surface area contributed by atoms with Crippen LogP contribution in [-0.4, -0.2) is 23.5 Å². The highest BCUT2D eigenvalue weighted by Crippen LogP contribution is 2.22. The number of amides is 1. The van der Waals surface area contributed by atoms with E-state index in [0.717, 1.165) is 25.7 Å². The molecule has 86 valence electrons. The third kappa shape index (κ3) is 4.81. The van der Waals surface area contributed by atoms with Crippen molar-refractivity contribution < 1.29 is 14.7 Å². The molecular formula is C11H19NO3. The first kappa shape index (κ1) is 12.0. The predicted octanol–water partition coefficient (Wildman–Crippen LogP) is 1.55. The van der Waals surface area contributed by atoms with Crippen molar-refractivity contribution in [2.75, 3.05) is 6.54 Å². The van der Waals surface area contributed by atoms with E-state index in [0.29, 0.717) is 0 Å². The first-order chi connectivity index (χ1) is 7.20. The normalized spacial score (nSPS) is 18.9. The molecule has 0 bridgehead atoms. The van der Waals surface area contributed by atoms with Crippen molar-refractivity contribution in [2.45, 2.75) is 44.9 Å². The highest BCUT2D eigenvalue weighted by atomic mass is 16.4. The maximum absolute atomic E-state index is 11.6. The van der Waals surface area contributed by atoms with Gasteiger partial charge >= 0.3 is 5.97 Å². The number of aliphatic carboxylic acids is 1. The molecule has 0 heterocycles. The van der Waals surface area contributed by atoms with Crippen LogP contribution in [0.4, 0.5) is 0 Å². The Bertz CT molecular complexity index is 220. The summed E-state index contributed by atoms with van der Waals surface area (Å²) in [4.78, 5) is 21.9. The summed E-state index contributed by atoms with van der Waals surface area (Å²) >= 11 is 0. The molecule has 1 aliphatic carbocycles. The summed E-state index contributed by atoms with van der Waals surface area (Å²) in [6, 6.07) is 0. The lowest BCUT2D eigenvalue weighted by atomic mass is 9.90. The lowest BCUT2D eigenvalue weighted by molar-refractivity contribution is -0.138. The van der Waals surface area contributed by atoms with Crippen molar-refractivity contribution in [2.24, 2.45) is 5.92 Å². The molecule has 0 aromatic carbocycles. The minimum atomic E-state index is -0.978. The van der Waals surface area contributed by atoms with Crippen LogP contribution in [-0.2, 0) is 9.59 Å². The second kappa shape index (κ2) is 6.43. The van der Waals surface area contributed by atoms with Crippen LogP contribution in [0.15, 0.2) is 0 Å². The highest BCUT2D eigenvalue weighted by molar-refractivity contribution is 5.82. The molecule has 0 aromatic heterocycles. The summed E-state index contributed by atoms with van der Waals surface area (Å²) in [6.07, 6.45) is 7.65. The number of carboxylic acids is 1. The first-order valence-corrected chi connectivity index (χ1v) is 5.69. The van der Waals surface area contributed by atoms with E-state index in [1.807, 2.05) is 0 Å². The topological polar surface area (TPSA) is 66.4 Å². The fourth-order valence-electron chi connectivity index (χ4n) is 2.03. The molecule has 0 aromatic rings. The first-order valence-electron chi connectivity index (χ1n) is 5.69. The number of carboxylic acid groups (broad SMARTS) is 1. The molecule has 4 heteroatoms. The SMILES string of the molecule is O=C(O)CNC(=O)C1CCCCCCC1. The van der Waals surface area contributed by atoms with Gasteiger partial charge in [-0.2, -0.15) is 0 Å². The Kier molecular flexibility index (Phi) is 5.15. The molecule has 0 unspecified atom stereocenters. The van der Waals surface area contributed by atoms with Gasteiger partial charge in [-0.1, -0.05) is 32.1 Å². The number of nitrogens with one attached hydrogen (secondary N) is 1. The van der Waals surface area contributed by atoms with Gasteiger partial charge in [-0.05, 0) is 12.8 Å². The minimum absolute atomic E-state index is 0.0321. The van der Waals surface area contributed by atoms with Crippen molar-refractivity contribution in [1.29, 1.82) is 0 Å². The standard InChI is InChI=1S/C11H19NO3/c13-10(14)8-12-11(15)9-6-4-2-1-3-5-7-9/h9H,1-8H2,(H,12,15)(H,13,14). The van der Waals surface area contributed by atoms with Crippen molar-refractivity contribution >= 4 is 11.9 Å². The molecule has 0 saturated heterocycles. The van der Waals surface area contributed by atoms with Crippen molar-refractivity contribution in [3.05, 3.63) is 0 Å². The average molecular weight is 213 g/mol. The maximum atomic E-state index is 11.6. The van der Waals surface area contributed by atoms with Crippen LogP contribution in [0.25, 0.3) is 0 Å². The summed E-state index contributed by atoms with van der Waals surface area (Å²) in [5.41, 5.74) is 0. The zero-order chi connectivity index (χ0) is 11.1. The van der Waals surface area contributed by atoms with Crippen molar-refractivity contribution in [3.63, 3.8) is 0 Å². The van der Waals surface area contributed by atoms with Crippen LogP contribution in [0.2, 0.25) is 0 Å². The summed E-state index contributed by atoms with van der Waals surface area (Å²) in [6.45, 7) is -0.255. The monoisotopic (exact) mass is 213 g/mol. The fourth-order valence-corrected chi connectivity index (χ4v) is 2.03.